The van der Waals surface area contributed by atoms with Crippen molar-refractivity contribution in [2.75, 3.05) is 0 Å². The molecule has 1 heterocycles. The fraction of sp³-hybridized carbons (Fsp3) is 0.353. The molecule has 0 amide bonds. The minimum Gasteiger partial charge on any atom is -0.486 e. The number of hydrogen-bond donors (Lipinski definition) is 1. The van der Waals surface area contributed by atoms with Gasteiger partial charge in [-0.2, -0.15) is 0 Å². The zero-order valence-corrected chi connectivity index (χ0v) is 12.6. The van der Waals surface area contributed by atoms with Crippen molar-refractivity contribution in [1.82, 2.24) is 0 Å². The van der Waals surface area contributed by atoms with E-state index in [2.05, 4.69) is 11.4 Å². The Labute approximate surface area is 128 Å². The van der Waals surface area contributed by atoms with Crippen LogP contribution in [0.4, 0.5) is 0 Å². The van der Waals surface area contributed by atoms with E-state index < -0.39 is 5.97 Å². The molecule has 0 radical (unpaired) electrons. The van der Waals surface area contributed by atoms with Crippen LogP contribution < -0.4 is 4.74 Å². The molecule has 21 heavy (non-hydrogen) atoms. The van der Waals surface area contributed by atoms with E-state index >= 15 is 0 Å². The summed E-state index contributed by atoms with van der Waals surface area (Å²) in [5, 5.41) is 10.8. The van der Waals surface area contributed by atoms with Crippen LogP contribution in [0.2, 0.25) is 0 Å². The molecule has 0 spiro atoms. The lowest BCUT2D eigenvalue weighted by Crippen LogP contribution is -2.13. The Kier molecular flexibility index (Phi) is 4.25. The van der Waals surface area contributed by atoms with Gasteiger partial charge < -0.3 is 9.84 Å². The van der Waals surface area contributed by atoms with Crippen LogP contribution in [0.15, 0.2) is 35.7 Å². The molecule has 0 saturated heterocycles. The SMILES string of the molecule is O=C(O)CCc1ccc(OC2CCCc3sccc32)cc1. The van der Waals surface area contributed by atoms with E-state index in [-0.39, 0.29) is 12.5 Å². The lowest BCUT2D eigenvalue weighted by molar-refractivity contribution is -0.136. The predicted octanol–water partition coefficient (Wildman–Crippen LogP) is 4.22. The average Bonchev–Trinajstić information content (AvgIpc) is 2.96. The van der Waals surface area contributed by atoms with Crippen LogP contribution >= 0.6 is 11.3 Å². The number of ether oxygens (including phenoxy) is 1. The molecule has 2 aromatic rings. The summed E-state index contributed by atoms with van der Waals surface area (Å²) in [6.45, 7) is 0. The molecule has 3 rings (SSSR count). The maximum absolute atomic E-state index is 10.6. The van der Waals surface area contributed by atoms with Crippen molar-refractivity contribution in [2.45, 2.75) is 38.2 Å². The second-order valence-corrected chi connectivity index (χ2v) is 6.34. The molecule has 1 atom stereocenters. The summed E-state index contributed by atoms with van der Waals surface area (Å²) in [5.41, 5.74) is 2.37. The fourth-order valence-corrected chi connectivity index (χ4v) is 3.69. The summed E-state index contributed by atoms with van der Waals surface area (Å²) >= 11 is 1.82. The molecule has 1 aromatic heterocycles. The first-order chi connectivity index (χ1) is 10.2. The lowest BCUT2D eigenvalue weighted by atomic mass is 9.96. The third-order valence-electron chi connectivity index (χ3n) is 3.83. The van der Waals surface area contributed by atoms with Crippen LogP contribution in [-0.4, -0.2) is 11.1 Å². The number of carbonyl (C=O) groups is 1. The number of carboxylic acid groups (broad SMARTS) is 1. The van der Waals surface area contributed by atoms with Crippen LogP contribution in [0.25, 0.3) is 0 Å². The highest BCUT2D eigenvalue weighted by molar-refractivity contribution is 7.10. The van der Waals surface area contributed by atoms with Crippen LogP contribution in [0.3, 0.4) is 0 Å². The van der Waals surface area contributed by atoms with Gasteiger partial charge in [0.15, 0.2) is 0 Å². The molecule has 1 aliphatic rings. The van der Waals surface area contributed by atoms with Gasteiger partial charge in [-0.25, -0.2) is 0 Å². The number of fused-ring (bicyclic) bond motifs is 1. The Morgan fingerprint density at radius 2 is 2.10 bits per heavy atom. The van der Waals surface area contributed by atoms with E-state index in [0.29, 0.717) is 6.42 Å². The number of aryl methyl sites for hydroxylation is 2. The van der Waals surface area contributed by atoms with Gasteiger partial charge in [-0.05, 0) is 54.8 Å². The largest absolute Gasteiger partial charge is 0.486 e. The molecule has 0 saturated carbocycles. The van der Waals surface area contributed by atoms with E-state index in [0.717, 1.165) is 17.7 Å². The van der Waals surface area contributed by atoms with Crippen molar-refractivity contribution in [3.05, 3.63) is 51.7 Å². The van der Waals surface area contributed by atoms with E-state index in [1.807, 2.05) is 35.6 Å². The van der Waals surface area contributed by atoms with Crippen LogP contribution in [-0.2, 0) is 17.6 Å². The molecular formula is C17H18O3S. The minimum absolute atomic E-state index is 0.157. The molecule has 1 N–H and O–H groups in total. The van der Waals surface area contributed by atoms with Gasteiger partial charge in [0, 0.05) is 16.9 Å². The zero-order valence-electron chi connectivity index (χ0n) is 11.7. The van der Waals surface area contributed by atoms with Crippen LogP contribution in [0.1, 0.15) is 41.4 Å². The summed E-state index contributed by atoms with van der Waals surface area (Å²) in [6, 6.07) is 9.96. The number of carboxylic acids is 1. The third-order valence-corrected chi connectivity index (χ3v) is 4.82. The number of thiophene rings is 1. The first kappa shape index (κ1) is 14.1. The lowest BCUT2D eigenvalue weighted by Gasteiger charge is -2.23. The van der Waals surface area contributed by atoms with Gasteiger partial charge in [-0.1, -0.05) is 12.1 Å². The highest BCUT2D eigenvalue weighted by Gasteiger charge is 2.22. The van der Waals surface area contributed by atoms with Crippen molar-refractivity contribution in [3.8, 4) is 5.75 Å². The van der Waals surface area contributed by atoms with Gasteiger partial charge in [0.25, 0.3) is 0 Å². The van der Waals surface area contributed by atoms with Crippen molar-refractivity contribution < 1.29 is 14.6 Å². The standard InChI is InChI=1S/C17H18O3S/c18-17(19)9-6-12-4-7-13(8-5-12)20-15-2-1-3-16-14(15)10-11-21-16/h4-5,7-8,10-11,15H,1-3,6,9H2,(H,18,19). The Morgan fingerprint density at radius 3 is 2.86 bits per heavy atom. The minimum atomic E-state index is -0.762. The molecule has 0 bridgehead atoms. The number of benzene rings is 1. The highest BCUT2D eigenvalue weighted by atomic mass is 32.1. The van der Waals surface area contributed by atoms with E-state index in [1.54, 1.807) is 0 Å². The van der Waals surface area contributed by atoms with E-state index in [4.69, 9.17) is 9.84 Å². The van der Waals surface area contributed by atoms with Crippen molar-refractivity contribution in [3.63, 3.8) is 0 Å². The van der Waals surface area contributed by atoms with E-state index in [1.165, 1.54) is 23.3 Å². The number of hydrogen-bond acceptors (Lipinski definition) is 3. The normalized spacial score (nSPS) is 17.2. The van der Waals surface area contributed by atoms with Crippen LogP contribution in [0, 0.1) is 0 Å². The van der Waals surface area contributed by atoms with Crippen molar-refractivity contribution in [2.24, 2.45) is 0 Å². The monoisotopic (exact) mass is 302 g/mol. The van der Waals surface area contributed by atoms with E-state index in [9.17, 15) is 4.79 Å². The molecule has 110 valence electrons. The fourth-order valence-electron chi connectivity index (χ4n) is 2.72. The highest BCUT2D eigenvalue weighted by Crippen LogP contribution is 2.36. The molecular weight excluding hydrogens is 284 g/mol. The zero-order chi connectivity index (χ0) is 14.7. The summed E-state index contributed by atoms with van der Waals surface area (Å²) in [6.07, 6.45) is 4.29. The molecule has 0 aliphatic heterocycles. The topological polar surface area (TPSA) is 46.5 Å². The number of rotatable bonds is 5. The quantitative estimate of drug-likeness (QED) is 0.899. The Hall–Kier alpha value is -1.81. The first-order valence-corrected chi connectivity index (χ1v) is 8.14. The maximum atomic E-state index is 10.6. The second kappa shape index (κ2) is 6.31. The van der Waals surface area contributed by atoms with Gasteiger partial charge in [-0.3, -0.25) is 4.79 Å². The van der Waals surface area contributed by atoms with Gasteiger partial charge in [0.05, 0.1) is 0 Å². The smallest absolute Gasteiger partial charge is 0.303 e. The van der Waals surface area contributed by atoms with Crippen LogP contribution in [0.5, 0.6) is 5.75 Å². The van der Waals surface area contributed by atoms with Gasteiger partial charge >= 0.3 is 5.97 Å². The van der Waals surface area contributed by atoms with Gasteiger partial charge in [0.2, 0.25) is 0 Å². The second-order valence-electron chi connectivity index (χ2n) is 5.34. The third kappa shape index (κ3) is 3.45. The molecule has 0 fully saturated rings. The predicted molar refractivity (Wildman–Crippen MR) is 83.0 cm³/mol. The Morgan fingerprint density at radius 1 is 1.29 bits per heavy atom. The average molecular weight is 302 g/mol. The maximum Gasteiger partial charge on any atom is 0.303 e. The van der Waals surface area contributed by atoms with Crippen molar-refractivity contribution in [1.29, 1.82) is 0 Å². The summed E-state index contributed by atoms with van der Waals surface area (Å²) in [7, 11) is 0. The molecule has 1 aliphatic carbocycles. The molecule has 1 unspecified atom stereocenters. The first-order valence-electron chi connectivity index (χ1n) is 7.26. The van der Waals surface area contributed by atoms with Gasteiger partial charge in [0.1, 0.15) is 11.9 Å². The Bertz CT molecular complexity index is 615. The number of aliphatic carboxylic acids is 1. The van der Waals surface area contributed by atoms with Gasteiger partial charge in [-0.15, -0.1) is 11.3 Å². The summed E-state index contributed by atoms with van der Waals surface area (Å²) in [4.78, 5) is 12.0. The summed E-state index contributed by atoms with van der Waals surface area (Å²) < 4.78 is 6.11. The van der Waals surface area contributed by atoms with Crippen molar-refractivity contribution >= 4 is 17.3 Å². The molecule has 4 heteroatoms. The summed E-state index contributed by atoms with van der Waals surface area (Å²) in [5.74, 6) is 0.0978. The Balaban J connectivity index is 1.65. The molecule has 3 nitrogen and oxygen atoms in total. The molecule has 1 aromatic carbocycles.